The summed E-state index contributed by atoms with van der Waals surface area (Å²) in [4.78, 5) is 13.5. The molecule has 0 amide bonds. The molecule has 0 aromatic carbocycles. The second-order valence-corrected chi connectivity index (χ2v) is 5.86. The molecule has 1 saturated carbocycles. The molecule has 0 spiro atoms. The minimum atomic E-state index is -1.02. The summed E-state index contributed by atoms with van der Waals surface area (Å²) < 4.78 is 0. The minimum absolute atomic E-state index is 0.294. The normalized spacial score (nSPS) is 31.8. The van der Waals surface area contributed by atoms with Gasteiger partial charge in [-0.25, -0.2) is 0 Å². The number of nitrogens with zero attached hydrogens (tertiary/aromatic N) is 1. The van der Waals surface area contributed by atoms with Crippen molar-refractivity contribution in [1.82, 2.24) is 4.90 Å². The van der Waals surface area contributed by atoms with E-state index in [2.05, 4.69) is 32.7 Å². The van der Waals surface area contributed by atoms with Crippen LogP contribution in [-0.4, -0.2) is 40.6 Å². The summed E-state index contributed by atoms with van der Waals surface area (Å²) in [5.74, 6) is -0.285. The van der Waals surface area contributed by atoms with E-state index in [1.807, 2.05) is 0 Å². The minimum Gasteiger partial charge on any atom is -0.480 e. The summed E-state index contributed by atoms with van der Waals surface area (Å²) in [6.07, 6.45) is 3.13. The molecule has 17 heavy (non-hydrogen) atoms. The summed E-state index contributed by atoms with van der Waals surface area (Å²) >= 11 is 0. The molecule has 1 rings (SSSR count). The lowest BCUT2D eigenvalue weighted by Gasteiger charge is -2.42. The average Bonchev–Trinajstić information content (AvgIpc) is 2.26. The highest BCUT2D eigenvalue weighted by Crippen LogP contribution is 2.30. The number of aliphatic carboxylic acids is 1. The van der Waals surface area contributed by atoms with Crippen molar-refractivity contribution in [2.45, 2.75) is 64.1 Å². The highest BCUT2D eigenvalue weighted by Gasteiger charge is 2.41. The Labute approximate surface area is 104 Å². The molecule has 3 N–H and O–H groups in total. The van der Waals surface area contributed by atoms with Crippen molar-refractivity contribution in [3.8, 4) is 0 Å². The zero-order chi connectivity index (χ0) is 13.2. The van der Waals surface area contributed by atoms with Gasteiger partial charge in [0.25, 0.3) is 0 Å². The Morgan fingerprint density at radius 2 is 2.06 bits per heavy atom. The van der Waals surface area contributed by atoms with E-state index in [1.54, 1.807) is 0 Å². The zero-order valence-electron chi connectivity index (χ0n) is 11.4. The highest BCUT2D eigenvalue weighted by atomic mass is 16.4. The van der Waals surface area contributed by atoms with Crippen molar-refractivity contribution in [3.05, 3.63) is 0 Å². The van der Waals surface area contributed by atoms with Crippen LogP contribution in [0.15, 0.2) is 0 Å². The second-order valence-electron chi connectivity index (χ2n) is 5.86. The Kier molecular flexibility index (Phi) is 4.55. The predicted octanol–water partition coefficient (Wildman–Crippen LogP) is 1.69. The van der Waals surface area contributed by atoms with Crippen molar-refractivity contribution in [3.63, 3.8) is 0 Å². The van der Waals surface area contributed by atoms with Gasteiger partial charge >= 0.3 is 5.97 Å². The van der Waals surface area contributed by atoms with Gasteiger partial charge < -0.3 is 15.7 Å². The molecule has 100 valence electrons. The fourth-order valence-electron chi connectivity index (χ4n) is 2.62. The molecular weight excluding hydrogens is 216 g/mol. The Hall–Kier alpha value is -0.610. The van der Waals surface area contributed by atoms with Crippen LogP contribution in [-0.2, 0) is 4.79 Å². The van der Waals surface area contributed by atoms with Gasteiger partial charge in [-0.05, 0) is 45.6 Å². The maximum atomic E-state index is 11.2. The maximum absolute atomic E-state index is 11.2. The molecule has 0 aromatic heterocycles. The van der Waals surface area contributed by atoms with E-state index in [-0.39, 0.29) is 0 Å². The average molecular weight is 242 g/mol. The molecule has 3 atom stereocenters. The lowest BCUT2D eigenvalue weighted by molar-refractivity contribution is -0.145. The van der Waals surface area contributed by atoms with Crippen molar-refractivity contribution in [2.75, 3.05) is 7.05 Å². The first-order valence-electron chi connectivity index (χ1n) is 6.52. The van der Waals surface area contributed by atoms with Crippen LogP contribution >= 0.6 is 0 Å². The van der Waals surface area contributed by atoms with Crippen molar-refractivity contribution in [1.29, 1.82) is 0 Å². The molecule has 0 aliphatic heterocycles. The zero-order valence-corrected chi connectivity index (χ0v) is 11.4. The monoisotopic (exact) mass is 242 g/mol. The summed E-state index contributed by atoms with van der Waals surface area (Å²) in [5.41, 5.74) is 4.96. The van der Waals surface area contributed by atoms with Gasteiger partial charge in [-0.1, -0.05) is 13.8 Å². The Morgan fingerprint density at radius 1 is 1.47 bits per heavy atom. The highest BCUT2D eigenvalue weighted by molar-refractivity contribution is 5.78. The molecule has 4 nitrogen and oxygen atoms in total. The van der Waals surface area contributed by atoms with E-state index in [0.29, 0.717) is 30.8 Å². The maximum Gasteiger partial charge on any atom is 0.323 e. The van der Waals surface area contributed by atoms with Gasteiger partial charge in [0.05, 0.1) is 0 Å². The van der Waals surface area contributed by atoms with Crippen molar-refractivity contribution >= 4 is 5.97 Å². The van der Waals surface area contributed by atoms with E-state index in [4.69, 9.17) is 5.73 Å². The Morgan fingerprint density at radius 3 is 2.53 bits per heavy atom. The Bertz CT molecular complexity index is 281. The quantitative estimate of drug-likeness (QED) is 0.787. The van der Waals surface area contributed by atoms with E-state index >= 15 is 0 Å². The first-order valence-corrected chi connectivity index (χ1v) is 6.52. The summed E-state index contributed by atoms with van der Waals surface area (Å²) in [6, 6.07) is 0.749. The van der Waals surface area contributed by atoms with E-state index < -0.39 is 11.5 Å². The van der Waals surface area contributed by atoms with Gasteiger partial charge in [0.1, 0.15) is 5.54 Å². The number of rotatable bonds is 4. The summed E-state index contributed by atoms with van der Waals surface area (Å²) in [6.45, 7) is 6.58. The molecule has 1 aliphatic rings. The van der Waals surface area contributed by atoms with E-state index in [1.165, 1.54) is 0 Å². The smallest absolute Gasteiger partial charge is 0.323 e. The Balaban J connectivity index is 2.70. The molecule has 1 aliphatic carbocycles. The lowest BCUT2D eigenvalue weighted by atomic mass is 9.78. The largest absolute Gasteiger partial charge is 0.480 e. The molecule has 4 heteroatoms. The fourth-order valence-corrected chi connectivity index (χ4v) is 2.62. The lowest BCUT2D eigenvalue weighted by Crippen LogP contribution is -2.56. The topological polar surface area (TPSA) is 66.6 Å². The first kappa shape index (κ1) is 14.5. The van der Waals surface area contributed by atoms with Crippen LogP contribution in [0.2, 0.25) is 0 Å². The van der Waals surface area contributed by atoms with Crippen LogP contribution in [0.25, 0.3) is 0 Å². The van der Waals surface area contributed by atoms with Crippen LogP contribution in [0.1, 0.15) is 46.5 Å². The molecule has 0 saturated heterocycles. The standard InChI is InChI=1S/C13H26N2O2/c1-9(2)10(3)15(4)11-6-5-7-13(14,8-11)12(16)17/h9-11H,5-8,14H2,1-4H3,(H,16,17). The number of carboxylic acids is 1. The molecular formula is C13H26N2O2. The SMILES string of the molecule is CC(C)C(C)N(C)C1CCCC(N)(C(=O)O)C1. The molecule has 0 bridgehead atoms. The number of carboxylic acid groups (broad SMARTS) is 1. The van der Waals surface area contributed by atoms with Gasteiger partial charge in [-0.2, -0.15) is 0 Å². The van der Waals surface area contributed by atoms with Crippen molar-refractivity contribution in [2.24, 2.45) is 11.7 Å². The van der Waals surface area contributed by atoms with E-state index in [9.17, 15) is 9.90 Å². The first-order chi connectivity index (χ1) is 7.78. The fraction of sp³-hybridized carbons (Fsp3) is 0.923. The molecule has 1 fully saturated rings. The van der Waals surface area contributed by atoms with E-state index in [0.717, 1.165) is 12.8 Å². The number of hydrogen-bond donors (Lipinski definition) is 2. The van der Waals surface area contributed by atoms with Gasteiger partial charge in [0, 0.05) is 12.1 Å². The van der Waals surface area contributed by atoms with Gasteiger partial charge in [0.2, 0.25) is 0 Å². The summed E-state index contributed by atoms with van der Waals surface area (Å²) in [5, 5.41) is 9.20. The molecule has 0 heterocycles. The van der Waals surface area contributed by atoms with Crippen LogP contribution in [0.4, 0.5) is 0 Å². The van der Waals surface area contributed by atoms with Crippen LogP contribution < -0.4 is 5.73 Å². The van der Waals surface area contributed by atoms with Crippen LogP contribution in [0, 0.1) is 5.92 Å². The van der Waals surface area contributed by atoms with Gasteiger partial charge in [0.15, 0.2) is 0 Å². The second kappa shape index (κ2) is 5.36. The number of hydrogen-bond acceptors (Lipinski definition) is 3. The molecule has 0 aromatic rings. The number of carbonyl (C=O) groups is 1. The molecule has 0 radical (unpaired) electrons. The summed E-state index contributed by atoms with van der Waals surface area (Å²) in [7, 11) is 2.09. The predicted molar refractivity (Wildman–Crippen MR) is 68.9 cm³/mol. The van der Waals surface area contributed by atoms with Crippen LogP contribution in [0.5, 0.6) is 0 Å². The number of nitrogens with two attached hydrogens (primary N) is 1. The third-order valence-corrected chi connectivity index (χ3v) is 4.37. The molecule has 3 unspecified atom stereocenters. The third kappa shape index (κ3) is 3.19. The third-order valence-electron chi connectivity index (χ3n) is 4.37. The van der Waals surface area contributed by atoms with Crippen molar-refractivity contribution < 1.29 is 9.90 Å². The van der Waals surface area contributed by atoms with Gasteiger partial charge in [-0.3, -0.25) is 4.79 Å². The van der Waals surface area contributed by atoms with Crippen LogP contribution in [0.3, 0.4) is 0 Å². The van der Waals surface area contributed by atoms with Gasteiger partial charge in [-0.15, -0.1) is 0 Å².